The number of carbonyl (C=O) groups excluding carboxylic acids is 1. The summed E-state index contributed by atoms with van der Waals surface area (Å²) >= 11 is 0. The molecule has 25 heavy (non-hydrogen) atoms. The molecule has 0 aliphatic carbocycles. The van der Waals surface area contributed by atoms with Gasteiger partial charge in [0, 0.05) is 37.7 Å². The molecule has 1 fully saturated rings. The number of aliphatic carboxylic acids is 1. The quantitative estimate of drug-likeness (QED) is 0.868. The first-order valence-electron chi connectivity index (χ1n) is 8.28. The van der Waals surface area contributed by atoms with E-state index in [9.17, 15) is 14.4 Å². The average molecular weight is 340 g/mol. The van der Waals surface area contributed by atoms with Crippen LogP contribution in [-0.4, -0.2) is 33.4 Å². The molecule has 0 spiro atoms. The normalized spacial score (nSPS) is 17.5. The van der Waals surface area contributed by atoms with E-state index in [4.69, 9.17) is 5.11 Å². The van der Waals surface area contributed by atoms with Gasteiger partial charge in [0.25, 0.3) is 5.56 Å². The van der Waals surface area contributed by atoms with Gasteiger partial charge in [-0.1, -0.05) is 30.3 Å². The lowest BCUT2D eigenvalue weighted by molar-refractivity contribution is -0.147. The van der Waals surface area contributed by atoms with Gasteiger partial charge in [-0.3, -0.25) is 14.4 Å². The fourth-order valence-electron chi connectivity index (χ4n) is 3.07. The average Bonchev–Trinajstić information content (AvgIpc) is 2.60. The zero-order chi connectivity index (χ0) is 17.8. The number of nitrogens with zero attached hydrogens (tertiary/aromatic N) is 1. The molecule has 6 nitrogen and oxygen atoms in total. The number of piperidine rings is 1. The van der Waals surface area contributed by atoms with E-state index < -0.39 is 11.9 Å². The molecule has 3 rings (SSSR count). The number of pyridine rings is 1. The predicted octanol–water partition coefficient (Wildman–Crippen LogP) is 1.79. The van der Waals surface area contributed by atoms with Crippen molar-refractivity contribution in [1.82, 2.24) is 9.88 Å². The minimum Gasteiger partial charge on any atom is -0.481 e. The highest BCUT2D eigenvalue weighted by Crippen LogP contribution is 2.20. The molecule has 1 aromatic carbocycles. The first-order chi connectivity index (χ1) is 12.0. The highest BCUT2D eigenvalue weighted by Gasteiger charge is 2.29. The Kier molecular flexibility index (Phi) is 4.97. The summed E-state index contributed by atoms with van der Waals surface area (Å²) in [6, 6.07) is 11.3. The Morgan fingerprint density at radius 2 is 1.88 bits per heavy atom. The monoisotopic (exact) mass is 340 g/mol. The van der Waals surface area contributed by atoms with Crippen molar-refractivity contribution in [1.29, 1.82) is 0 Å². The topological polar surface area (TPSA) is 90.5 Å². The highest BCUT2D eigenvalue weighted by atomic mass is 16.4. The van der Waals surface area contributed by atoms with Crippen LogP contribution in [0.3, 0.4) is 0 Å². The summed E-state index contributed by atoms with van der Waals surface area (Å²) in [6.07, 6.45) is 2.84. The number of rotatable bonds is 5. The summed E-state index contributed by atoms with van der Waals surface area (Å²) in [7, 11) is 0. The Morgan fingerprint density at radius 1 is 1.16 bits per heavy atom. The number of likely N-dealkylation sites (tertiary alicyclic amines) is 1. The number of hydrogen-bond donors (Lipinski definition) is 2. The third-order valence-corrected chi connectivity index (χ3v) is 4.54. The number of aromatic nitrogens is 1. The van der Waals surface area contributed by atoms with Gasteiger partial charge in [-0.05, 0) is 23.6 Å². The molecule has 0 radical (unpaired) electrons. The van der Waals surface area contributed by atoms with Crippen molar-refractivity contribution in [2.24, 2.45) is 5.92 Å². The molecule has 1 saturated heterocycles. The SMILES string of the molecule is O=C(O)C1CCC(=O)N(Cc2ccc(Cc3ccc[nH]c3=O)cc2)C1. The molecule has 1 aliphatic heterocycles. The Morgan fingerprint density at radius 3 is 2.56 bits per heavy atom. The number of hydrogen-bond acceptors (Lipinski definition) is 3. The van der Waals surface area contributed by atoms with Gasteiger partial charge in [0.15, 0.2) is 0 Å². The molecule has 0 saturated carbocycles. The van der Waals surface area contributed by atoms with E-state index in [2.05, 4.69) is 4.98 Å². The minimum atomic E-state index is -0.846. The van der Waals surface area contributed by atoms with E-state index in [0.29, 0.717) is 24.9 Å². The molecule has 130 valence electrons. The minimum absolute atomic E-state index is 0.00241. The standard InChI is InChI=1S/C19H20N2O4/c22-17-8-7-16(19(24)25)12-21(17)11-14-5-3-13(4-6-14)10-15-2-1-9-20-18(15)23/h1-6,9,16H,7-8,10-12H2,(H,20,23)(H,24,25). The van der Waals surface area contributed by atoms with E-state index in [0.717, 1.165) is 11.1 Å². The van der Waals surface area contributed by atoms with Gasteiger partial charge >= 0.3 is 5.97 Å². The highest BCUT2D eigenvalue weighted by molar-refractivity contribution is 5.80. The van der Waals surface area contributed by atoms with Crippen LogP contribution < -0.4 is 5.56 Å². The van der Waals surface area contributed by atoms with E-state index in [1.165, 1.54) is 0 Å². The van der Waals surface area contributed by atoms with Gasteiger partial charge in [-0.15, -0.1) is 0 Å². The second kappa shape index (κ2) is 7.34. The summed E-state index contributed by atoms with van der Waals surface area (Å²) in [4.78, 5) is 39.1. The van der Waals surface area contributed by atoms with Gasteiger partial charge in [-0.25, -0.2) is 0 Å². The summed E-state index contributed by atoms with van der Waals surface area (Å²) in [5.74, 6) is -1.33. The Labute approximate surface area is 145 Å². The molecule has 1 amide bonds. The summed E-state index contributed by atoms with van der Waals surface area (Å²) in [6.45, 7) is 0.671. The zero-order valence-electron chi connectivity index (χ0n) is 13.8. The van der Waals surface area contributed by atoms with Crippen molar-refractivity contribution in [3.05, 3.63) is 69.6 Å². The first-order valence-corrected chi connectivity index (χ1v) is 8.28. The molecule has 1 unspecified atom stereocenters. The van der Waals surface area contributed by atoms with Crippen LogP contribution in [0.2, 0.25) is 0 Å². The third-order valence-electron chi connectivity index (χ3n) is 4.54. The molecule has 2 N–H and O–H groups in total. The van der Waals surface area contributed by atoms with Crippen LogP contribution in [0.4, 0.5) is 0 Å². The molecule has 1 aliphatic rings. The Hall–Kier alpha value is -2.89. The lowest BCUT2D eigenvalue weighted by Crippen LogP contribution is -2.41. The van der Waals surface area contributed by atoms with Crippen molar-refractivity contribution in [3.8, 4) is 0 Å². The maximum absolute atomic E-state index is 12.0. The van der Waals surface area contributed by atoms with Crippen LogP contribution in [-0.2, 0) is 22.6 Å². The van der Waals surface area contributed by atoms with Crippen molar-refractivity contribution >= 4 is 11.9 Å². The molecular weight excluding hydrogens is 320 g/mol. The van der Waals surface area contributed by atoms with Crippen molar-refractivity contribution in [2.45, 2.75) is 25.8 Å². The molecular formula is C19H20N2O4. The molecule has 2 heterocycles. The smallest absolute Gasteiger partial charge is 0.308 e. The summed E-state index contributed by atoms with van der Waals surface area (Å²) in [5, 5.41) is 9.14. The number of nitrogens with one attached hydrogen (secondary N) is 1. The second-order valence-corrected chi connectivity index (χ2v) is 6.37. The maximum atomic E-state index is 12.0. The van der Waals surface area contributed by atoms with Crippen LogP contribution >= 0.6 is 0 Å². The van der Waals surface area contributed by atoms with E-state index in [1.807, 2.05) is 24.3 Å². The maximum Gasteiger partial charge on any atom is 0.308 e. The molecule has 6 heteroatoms. The first kappa shape index (κ1) is 17.0. The van der Waals surface area contributed by atoms with Gasteiger partial charge in [-0.2, -0.15) is 0 Å². The van der Waals surface area contributed by atoms with Gasteiger partial charge in [0.1, 0.15) is 0 Å². The summed E-state index contributed by atoms with van der Waals surface area (Å²) in [5.41, 5.74) is 2.56. The number of aromatic amines is 1. The molecule has 1 aromatic heterocycles. The van der Waals surface area contributed by atoms with E-state index >= 15 is 0 Å². The number of H-pyrrole nitrogens is 1. The molecule has 0 bridgehead atoms. The van der Waals surface area contributed by atoms with Crippen LogP contribution in [0.1, 0.15) is 29.5 Å². The van der Waals surface area contributed by atoms with Crippen LogP contribution in [0, 0.1) is 5.92 Å². The number of benzene rings is 1. The number of amides is 1. The van der Waals surface area contributed by atoms with Crippen LogP contribution in [0.15, 0.2) is 47.4 Å². The number of carboxylic acids is 1. The van der Waals surface area contributed by atoms with Gasteiger partial charge < -0.3 is 15.0 Å². The summed E-state index contributed by atoms with van der Waals surface area (Å²) < 4.78 is 0. The molecule has 2 aromatic rings. The van der Waals surface area contributed by atoms with Crippen molar-refractivity contribution in [2.75, 3.05) is 6.54 Å². The largest absolute Gasteiger partial charge is 0.481 e. The van der Waals surface area contributed by atoms with Crippen molar-refractivity contribution in [3.63, 3.8) is 0 Å². The predicted molar refractivity (Wildman–Crippen MR) is 92.1 cm³/mol. The Bertz CT molecular complexity index is 826. The van der Waals surface area contributed by atoms with Gasteiger partial charge in [0.2, 0.25) is 5.91 Å². The van der Waals surface area contributed by atoms with Gasteiger partial charge in [0.05, 0.1) is 5.92 Å². The number of carbonyl (C=O) groups is 2. The van der Waals surface area contributed by atoms with Crippen LogP contribution in [0.25, 0.3) is 0 Å². The lowest BCUT2D eigenvalue weighted by Gasteiger charge is -2.30. The zero-order valence-corrected chi connectivity index (χ0v) is 13.8. The van der Waals surface area contributed by atoms with Crippen molar-refractivity contribution < 1.29 is 14.7 Å². The van der Waals surface area contributed by atoms with Crippen LogP contribution in [0.5, 0.6) is 0 Å². The Balaban J connectivity index is 1.66. The number of carboxylic acid groups (broad SMARTS) is 1. The molecule has 1 atom stereocenters. The third kappa shape index (κ3) is 4.15. The fourth-order valence-corrected chi connectivity index (χ4v) is 3.07. The van der Waals surface area contributed by atoms with E-state index in [-0.39, 0.29) is 24.4 Å². The second-order valence-electron chi connectivity index (χ2n) is 6.37. The lowest BCUT2D eigenvalue weighted by atomic mass is 9.97. The van der Waals surface area contributed by atoms with E-state index in [1.54, 1.807) is 23.2 Å². The fraction of sp³-hybridized carbons (Fsp3) is 0.316.